The summed E-state index contributed by atoms with van der Waals surface area (Å²) in [6, 6.07) is 14.5. The second-order valence-electron chi connectivity index (χ2n) is 6.91. The molecule has 2 heterocycles. The van der Waals surface area contributed by atoms with Gasteiger partial charge in [0.05, 0.1) is 23.6 Å². The van der Waals surface area contributed by atoms with Crippen LogP contribution >= 0.6 is 12.2 Å². The molecular weight excluding hydrogens is 374 g/mol. The molecule has 0 aliphatic carbocycles. The molecule has 1 fully saturated rings. The summed E-state index contributed by atoms with van der Waals surface area (Å²) in [5, 5.41) is 3.51. The summed E-state index contributed by atoms with van der Waals surface area (Å²) in [5.41, 5.74) is 2.08. The molecule has 1 aliphatic heterocycles. The number of rotatable bonds is 5. The van der Waals surface area contributed by atoms with Gasteiger partial charge in [-0.15, -0.1) is 0 Å². The van der Waals surface area contributed by atoms with E-state index in [2.05, 4.69) is 10.3 Å². The van der Waals surface area contributed by atoms with Gasteiger partial charge in [0.15, 0.2) is 4.77 Å². The molecule has 144 valence electrons. The van der Waals surface area contributed by atoms with E-state index < -0.39 is 0 Å². The van der Waals surface area contributed by atoms with E-state index in [9.17, 15) is 9.59 Å². The third-order valence-corrected chi connectivity index (χ3v) is 5.28. The highest BCUT2D eigenvalue weighted by Crippen LogP contribution is 2.12. The zero-order chi connectivity index (χ0) is 19.5. The van der Waals surface area contributed by atoms with E-state index >= 15 is 0 Å². The minimum absolute atomic E-state index is 0.115. The molecule has 1 saturated heterocycles. The van der Waals surface area contributed by atoms with Crippen LogP contribution in [0.2, 0.25) is 0 Å². The Balaban J connectivity index is 1.49. The van der Waals surface area contributed by atoms with Crippen LogP contribution in [0.5, 0.6) is 0 Å². The number of carbonyl (C=O) groups excluding carboxylic acids is 1. The number of nitrogens with zero attached hydrogens (tertiary/aromatic N) is 1. The third-order valence-electron chi connectivity index (χ3n) is 4.96. The Kier molecular flexibility index (Phi) is 5.36. The predicted molar refractivity (Wildman–Crippen MR) is 110 cm³/mol. The zero-order valence-electron chi connectivity index (χ0n) is 15.3. The van der Waals surface area contributed by atoms with Crippen LogP contribution in [0.4, 0.5) is 0 Å². The summed E-state index contributed by atoms with van der Waals surface area (Å²) in [7, 11) is 0. The largest absolute Gasteiger partial charge is 0.376 e. The maximum atomic E-state index is 12.7. The lowest BCUT2D eigenvalue weighted by Gasteiger charge is -2.11. The van der Waals surface area contributed by atoms with E-state index in [0.29, 0.717) is 28.8 Å². The topological polar surface area (TPSA) is 76.1 Å². The van der Waals surface area contributed by atoms with Crippen molar-refractivity contribution in [3.63, 3.8) is 0 Å². The molecule has 6 nitrogen and oxygen atoms in total. The van der Waals surface area contributed by atoms with Crippen LogP contribution in [0.1, 0.15) is 28.8 Å². The highest BCUT2D eigenvalue weighted by atomic mass is 32.1. The first-order chi connectivity index (χ1) is 13.6. The molecule has 2 aromatic carbocycles. The minimum Gasteiger partial charge on any atom is -0.376 e. The number of hydrogen-bond acceptors (Lipinski definition) is 4. The van der Waals surface area contributed by atoms with Gasteiger partial charge in [-0.3, -0.25) is 14.2 Å². The Labute approximate surface area is 167 Å². The molecule has 1 aliphatic rings. The first-order valence-corrected chi connectivity index (χ1v) is 9.73. The Bertz CT molecular complexity index is 1110. The van der Waals surface area contributed by atoms with Crippen molar-refractivity contribution in [3.8, 4) is 0 Å². The van der Waals surface area contributed by atoms with Crippen molar-refractivity contribution in [2.45, 2.75) is 25.5 Å². The molecule has 0 bridgehead atoms. The fourth-order valence-electron chi connectivity index (χ4n) is 3.40. The molecule has 1 amide bonds. The quantitative estimate of drug-likeness (QED) is 0.651. The monoisotopic (exact) mass is 395 g/mol. The molecule has 0 saturated carbocycles. The number of ether oxygens (including phenoxy) is 1. The van der Waals surface area contributed by atoms with Gasteiger partial charge in [-0.2, -0.15) is 0 Å². The van der Waals surface area contributed by atoms with E-state index in [0.717, 1.165) is 30.5 Å². The summed E-state index contributed by atoms with van der Waals surface area (Å²) < 4.78 is 7.43. The number of nitrogens with one attached hydrogen (secondary N) is 2. The van der Waals surface area contributed by atoms with E-state index in [-0.39, 0.29) is 17.6 Å². The molecule has 0 spiro atoms. The zero-order valence-corrected chi connectivity index (χ0v) is 16.1. The summed E-state index contributed by atoms with van der Waals surface area (Å²) >= 11 is 5.35. The maximum Gasteiger partial charge on any atom is 0.262 e. The van der Waals surface area contributed by atoms with Crippen molar-refractivity contribution in [1.82, 2.24) is 14.9 Å². The summed E-state index contributed by atoms with van der Waals surface area (Å²) in [5.74, 6) is -0.123. The summed E-state index contributed by atoms with van der Waals surface area (Å²) in [6.45, 7) is 1.64. The van der Waals surface area contributed by atoms with Crippen molar-refractivity contribution in [2.24, 2.45) is 0 Å². The lowest BCUT2D eigenvalue weighted by Crippen LogP contribution is -2.31. The van der Waals surface area contributed by atoms with Crippen molar-refractivity contribution >= 4 is 29.0 Å². The Morgan fingerprint density at radius 2 is 2.00 bits per heavy atom. The number of aromatic nitrogens is 2. The van der Waals surface area contributed by atoms with Gasteiger partial charge in [0, 0.05) is 18.7 Å². The maximum absolute atomic E-state index is 12.7. The first-order valence-electron chi connectivity index (χ1n) is 9.32. The normalized spacial score (nSPS) is 16.4. The van der Waals surface area contributed by atoms with Crippen LogP contribution in [0.15, 0.2) is 53.3 Å². The number of hydrogen-bond donors (Lipinski definition) is 2. The van der Waals surface area contributed by atoms with Crippen LogP contribution < -0.4 is 10.9 Å². The second-order valence-corrected chi connectivity index (χ2v) is 7.30. The molecule has 2 N–H and O–H groups in total. The van der Waals surface area contributed by atoms with Crippen LogP contribution in [0.25, 0.3) is 10.9 Å². The van der Waals surface area contributed by atoms with Crippen LogP contribution in [-0.2, 0) is 11.3 Å². The molecule has 1 aromatic heterocycles. The molecule has 0 radical (unpaired) electrons. The van der Waals surface area contributed by atoms with Gasteiger partial charge in [0.2, 0.25) is 0 Å². The van der Waals surface area contributed by atoms with Crippen molar-refractivity contribution < 1.29 is 9.53 Å². The molecular formula is C21H21N3O3S. The van der Waals surface area contributed by atoms with Gasteiger partial charge >= 0.3 is 0 Å². The average Bonchev–Trinajstić information content (AvgIpc) is 3.23. The fourth-order valence-corrected chi connectivity index (χ4v) is 3.66. The lowest BCUT2D eigenvalue weighted by molar-refractivity contribution is 0.0858. The van der Waals surface area contributed by atoms with Gasteiger partial charge in [0.1, 0.15) is 0 Å². The Morgan fingerprint density at radius 1 is 1.21 bits per heavy atom. The highest BCUT2D eigenvalue weighted by Gasteiger charge is 2.16. The molecule has 7 heteroatoms. The number of benzene rings is 2. The number of para-hydroxylation sites is 1. The summed E-state index contributed by atoms with van der Waals surface area (Å²) in [6.07, 6.45) is 2.15. The first kappa shape index (κ1) is 18.6. The molecule has 3 aromatic rings. The molecule has 28 heavy (non-hydrogen) atoms. The van der Waals surface area contributed by atoms with Crippen molar-refractivity contribution in [3.05, 3.63) is 74.8 Å². The fraction of sp³-hybridized carbons (Fsp3) is 0.286. The Morgan fingerprint density at radius 3 is 2.75 bits per heavy atom. The number of fused-ring (bicyclic) bond motifs is 1. The van der Waals surface area contributed by atoms with Gasteiger partial charge in [0.25, 0.3) is 11.5 Å². The molecule has 0 unspecified atom stereocenters. The van der Waals surface area contributed by atoms with E-state index in [1.807, 2.05) is 30.3 Å². The number of aromatic amines is 1. The van der Waals surface area contributed by atoms with Crippen LogP contribution in [0, 0.1) is 4.77 Å². The minimum atomic E-state index is -0.127. The van der Waals surface area contributed by atoms with Gasteiger partial charge in [-0.1, -0.05) is 24.3 Å². The van der Waals surface area contributed by atoms with Crippen molar-refractivity contribution in [2.75, 3.05) is 13.2 Å². The van der Waals surface area contributed by atoms with Gasteiger partial charge in [-0.25, -0.2) is 0 Å². The summed E-state index contributed by atoms with van der Waals surface area (Å²) in [4.78, 5) is 28.1. The lowest BCUT2D eigenvalue weighted by atomic mass is 10.1. The van der Waals surface area contributed by atoms with Gasteiger partial charge in [-0.05, 0) is 54.9 Å². The predicted octanol–water partition coefficient (Wildman–Crippen LogP) is 3.02. The second kappa shape index (κ2) is 8.08. The van der Waals surface area contributed by atoms with Gasteiger partial charge < -0.3 is 15.0 Å². The molecule has 4 rings (SSSR count). The highest BCUT2D eigenvalue weighted by molar-refractivity contribution is 7.71. The smallest absolute Gasteiger partial charge is 0.262 e. The van der Waals surface area contributed by atoms with E-state index in [1.165, 1.54) is 4.57 Å². The standard InChI is InChI=1S/C21H21N3O3S/c25-19(22-12-16-4-3-11-27-16)15-9-7-14(8-10-15)13-24-20(26)17-5-1-2-6-18(17)23-21(24)28/h1-2,5-10,16H,3-4,11-13H2,(H,22,25)(H,23,28)/t16-/m1/s1. The SMILES string of the molecule is O=C(NC[C@H]1CCCO1)c1ccc(Cn2c(=S)[nH]c3ccccc3c2=O)cc1. The number of H-pyrrole nitrogens is 1. The number of carbonyl (C=O) groups is 1. The van der Waals surface area contributed by atoms with E-state index in [4.69, 9.17) is 17.0 Å². The van der Waals surface area contributed by atoms with E-state index in [1.54, 1.807) is 18.2 Å². The van der Waals surface area contributed by atoms with Crippen LogP contribution in [0.3, 0.4) is 0 Å². The number of amides is 1. The average molecular weight is 395 g/mol. The third kappa shape index (κ3) is 3.90. The van der Waals surface area contributed by atoms with Crippen LogP contribution in [-0.4, -0.2) is 34.7 Å². The molecule has 1 atom stereocenters. The Hall–Kier alpha value is -2.77. The van der Waals surface area contributed by atoms with Crippen molar-refractivity contribution in [1.29, 1.82) is 0 Å².